The van der Waals surface area contributed by atoms with Crippen molar-refractivity contribution in [1.82, 2.24) is 0 Å². The summed E-state index contributed by atoms with van der Waals surface area (Å²) in [6.07, 6.45) is 16.3. The van der Waals surface area contributed by atoms with Gasteiger partial charge in [-0.3, -0.25) is 0 Å². The van der Waals surface area contributed by atoms with Gasteiger partial charge < -0.3 is 0 Å². The van der Waals surface area contributed by atoms with Crippen molar-refractivity contribution in [2.45, 2.75) is 102 Å². The summed E-state index contributed by atoms with van der Waals surface area (Å²) in [5.74, 6) is 1.55. The smallest absolute Gasteiger partial charge is 0.159 e. The third-order valence-corrected chi connectivity index (χ3v) is 11.3. The van der Waals surface area contributed by atoms with Crippen LogP contribution in [-0.4, -0.2) is 8.80 Å². The molecule has 0 spiro atoms. The Morgan fingerprint density at radius 3 is 2.25 bits per heavy atom. The molecule has 0 unspecified atom stereocenters. The molecule has 1 aromatic rings. The lowest BCUT2D eigenvalue weighted by atomic mass is 9.73. The fourth-order valence-corrected chi connectivity index (χ4v) is 9.50. The standard InChI is InChI=1S/C25H40F2Si/c1-2-3-16-28-17-14-23(15-18-28)22-11-8-20(9-12-22)6-4-5-7-21-10-13-24(26)25(27)19-21/h10,13,19-20,22-23,28H,2-9,11-12,14-18H2,1H3/t20-,22-,23?,28?. The van der Waals surface area contributed by atoms with Gasteiger partial charge in [0.25, 0.3) is 0 Å². The summed E-state index contributed by atoms with van der Waals surface area (Å²) in [4.78, 5) is 0. The average molecular weight is 407 g/mol. The fourth-order valence-electron chi connectivity index (χ4n) is 5.85. The van der Waals surface area contributed by atoms with Crippen LogP contribution in [0.5, 0.6) is 0 Å². The van der Waals surface area contributed by atoms with Gasteiger partial charge >= 0.3 is 0 Å². The summed E-state index contributed by atoms with van der Waals surface area (Å²) in [6.45, 7) is 2.33. The highest BCUT2D eigenvalue weighted by atomic mass is 28.3. The first kappa shape index (κ1) is 22.0. The van der Waals surface area contributed by atoms with Crippen molar-refractivity contribution < 1.29 is 8.78 Å². The van der Waals surface area contributed by atoms with Crippen LogP contribution in [0.3, 0.4) is 0 Å². The predicted molar refractivity (Wildman–Crippen MR) is 119 cm³/mol. The highest BCUT2D eigenvalue weighted by molar-refractivity contribution is 6.58. The van der Waals surface area contributed by atoms with E-state index in [4.69, 9.17) is 0 Å². The Morgan fingerprint density at radius 2 is 1.57 bits per heavy atom. The van der Waals surface area contributed by atoms with Gasteiger partial charge in [0.2, 0.25) is 0 Å². The van der Waals surface area contributed by atoms with Crippen LogP contribution in [0.4, 0.5) is 8.78 Å². The zero-order chi connectivity index (χ0) is 19.8. The molecule has 2 fully saturated rings. The van der Waals surface area contributed by atoms with E-state index in [1.807, 2.05) is 0 Å². The van der Waals surface area contributed by atoms with Crippen LogP contribution in [0, 0.1) is 29.4 Å². The molecule has 3 rings (SSSR count). The normalized spacial score (nSPS) is 28.4. The van der Waals surface area contributed by atoms with Gasteiger partial charge in [-0.25, -0.2) is 8.78 Å². The Morgan fingerprint density at radius 1 is 0.857 bits per heavy atom. The van der Waals surface area contributed by atoms with Gasteiger partial charge in [-0.05, 0) is 61.1 Å². The molecule has 0 amide bonds. The van der Waals surface area contributed by atoms with E-state index in [1.165, 1.54) is 63.5 Å². The first-order valence-corrected chi connectivity index (χ1v) is 14.5. The minimum atomic E-state index is -0.739. The molecular formula is C25H40F2Si. The number of rotatable bonds is 9. The maximum atomic E-state index is 13.3. The van der Waals surface area contributed by atoms with Gasteiger partial charge in [-0.15, -0.1) is 0 Å². The van der Waals surface area contributed by atoms with E-state index in [2.05, 4.69) is 6.92 Å². The number of hydrogen-bond donors (Lipinski definition) is 0. The van der Waals surface area contributed by atoms with E-state index in [-0.39, 0.29) is 8.80 Å². The summed E-state index contributed by atoms with van der Waals surface area (Å²) >= 11 is 0. The summed E-state index contributed by atoms with van der Waals surface area (Å²) in [6, 6.07) is 9.22. The predicted octanol–water partition coefficient (Wildman–Crippen LogP) is 7.92. The molecule has 1 saturated carbocycles. The van der Waals surface area contributed by atoms with Crippen LogP contribution in [0.25, 0.3) is 0 Å². The lowest BCUT2D eigenvalue weighted by molar-refractivity contribution is 0.184. The van der Waals surface area contributed by atoms with E-state index in [9.17, 15) is 8.78 Å². The minimum absolute atomic E-state index is 0.345. The average Bonchev–Trinajstić information content (AvgIpc) is 2.73. The molecule has 0 aromatic heterocycles. The summed E-state index contributed by atoms with van der Waals surface area (Å²) in [5, 5.41) is 0. The van der Waals surface area contributed by atoms with Crippen molar-refractivity contribution in [2.75, 3.05) is 0 Å². The molecule has 0 N–H and O–H groups in total. The summed E-state index contributed by atoms with van der Waals surface area (Å²) in [7, 11) is -0.345. The van der Waals surface area contributed by atoms with E-state index in [1.54, 1.807) is 37.0 Å². The van der Waals surface area contributed by atoms with Crippen LogP contribution in [0.15, 0.2) is 18.2 Å². The summed E-state index contributed by atoms with van der Waals surface area (Å²) < 4.78 is 26.3. The molecule has 28 heavy (non-hydrogen) atoms. The van der Waals surface area contributed by atoms with Gasteiger partial charge in [0, 0.05) is 8.80 Å². The lowest BCUT2D eigenvalue weighted by Gasteiger charge is -2.37. The van der Waals surface area contributed by atoms with E-state index < -0.39 is 11.6 Å². The molecule has 1 aromatic carbocycles. The zero-order valence-electron chi connectivity index (χ0n) is 17.9. The molecule has 0 nitrogen and oxygen atoms in total. The second-order valence-corrected chi connectivity index (χ2v) is 13.2. The number of benzene rings is 1. The van der Waals surface area contributed by atoms with Gasteiger partial charge in [0.15, 0.2) is 11.6 Å². The van der Waals surface area contributed by atoms with Crippen LogP contribution in [-0.2, 0) is 6.42 Å². The number of unbranched alkanes of at least 4 members (excludes halogenated alkanes) is 2. The first-order valence-electron chi connectivity index (χ1n) is 12.1. The molecule has 0 atom stereocenters. The molecule has 2 aliphatic rings. The van der Waals surface area contributed by atoms with Crippen molar-refractivity contribution in [1.29, 1.82) is 0 Å². The SMILES string of the molecule is CCCC[SiH]1CCC([C@H]2CC[C@H](CCCCc3ccc(F)c(F)c3)CC2)CC1. The quantitative estimate of drug-likeness (QED) is 0.288. The maximum Gasteiger partial charge on any atom is 0.159 e. The van der Waals surface area contributed by atoms with Crippen molar-refractivity contribution in [2.24, 2.45) is 17.8 Å². The maximum absolute atomic E-state index is 13.3. The Labute approximate surface area is 173 Å². The Balaban J connectivity index is 1.28. The number of aryl methyl sites for hydroxylation is 1. The molecule has 1 heterocycles. The zero-order valence-corrected chi connectivity index (χ0v) is 19.1. The van der Waals surface area contributed by atoms with Crippen molar-refractivity contribution >= 4 is 8.80 Å². The molecule has 158 valence electrons. The van der Waals surface area contributed by atoms with Crippen molar-refractivity contribution in [3.63, 3.8) is 0 Å². The molecule has 0 radical (unpaired) electrons. The highest BCUT2D eigenvalue weighted by Crippen LogP contribution is 2.42. The highest BCUT2D eigenvalue weighted by Gasteiger charge is 2.30. The largest absolute Gasteiger partial charge is 0.204 e. The van der Waals surface area contributed by atoms with Gasteiger partial charge in [0.05, 0.1) is 0 Å². The Hall–Kier alpha value is -0.703. The van der Waals surface area contributed by atoms with E-state index in [0.29, 0.717) is 0 Å². The minimum Gasteiger partial charge on any atom is -0.204 e. The molecule has 3 heteroatoms. The summed E-state index contributed by atoms with van der Waals surface area (Å²) in [5.41, 5.74) is 0.931. The van der Waals surface area contributed by atoms with Gasteiger partial charge in [0.1, 0.15) is 0 Å². The molecule has 1 aliphatic carbocycles. The van der Waals surface area contributed by atoms with E-state index in [0.717, 1.165) is 36.2 Å². The third-order valence-electron chi connectivity index (χ3n) is 7.73. The Bertz CT molecular complexity index is 572. The van der Waals surface area contributed by atoms with Crippen LogP contribution < -0.4 is 0 Å². The second kappa shape index (κ2) is 11.5. The molecule has 0 bridgehead atoms. The van der Waals surface area contributed by atoms with Crippen LogP contribution in [0.2, 0.25) is 18.1 Å². The molecule has 1 aliphatic heterocycles. The van der Waals surface area contributed by atoms with Crippen molar-refractivity contribution in [3.05, 3.63) is 35.4 Å². The monoisotopic (exact) mass is 406 g/mol. The molecule has 1 saturated heterocycles. The van der Waals surface area contributed by atoms with Gasteiger partial charge in [-0.2, -0.15) is 0 Å². The lowest BCUT2D eigenvalue weighted by Crippen LogP contribution is -2.28. The second-order valence-electron chi connectivity index (χ2n) is 9.70. The third kappa shape index (κ3) is 6.68. The van der Waals surface area contributed by atoms with Crippen LogP contribution in [0.1, 0.15) is 83.1 Å². The fraction of sp³-hybridized carbons (Fsp3) is 0.760. The van der Waals surface area contributed by atoms with Crippen LogP contribution >= 0.6 is 0 Å². The molecular weight excluding hydrogens is 366 g/mol. The topological polar surface area (TPSA) is 0 Å². The Kier molecular flexibility index (Phi) is 9.01. The van der Waals surface area contributed by atoms with Gasteiger partial charge in [-0.1, -0.05) is 82.5 Å². The first-order chi connectivity index (χ1) is 13.7. The van der Waals surface area contributed by atoms with E-state index >= 15 is 0 Å². The van der Waals surface area contributed by atoms with Crippen molar-refractivity contribution in [3.8, 4) is 0 Å². The number of hydrogen-bond acceptors (Lipinski definition) is 0. The number of halogens is 2.